The van der Waals surface area contributed by atoms with E-state index in [1.54, 1.807) is 0 Å². The molecule has 0 fully saturated rings. The Kier molecular flexibility index (Phi) is 3.64. The smallest absolute Gasteiger partial charge is 0.00908 e. The van der Waals surface area contributed by atoms with E-state index in [4.69, 9.17) is 12.6 Å². The lowest BCUT2D eigenvalue weighted by molar-refractivity contribution is 0.262. The Bertz CT molecular complexity index is 76.6. The van der Waals surface area contributed by atoms with Crippen molar-refractivity contribution in [3.05, 3.63) is 0 Å². The van der Waals surface area contributed by atoms with Crippen molar-refractivity contribution >= 4 is 12.6 Å². The lowest BCUT2D eigenvalue weighted by Crippen LogP contribution is -2.22. The Morgan fingerprint density at radius 2 is 1.89 bits per heavy atom. The Labute approximate surface area is 64.4 Å². The lowest BCUT2D eigenvalue weighted by atomic mass is 9.80. The van der Waals surface area contributed by atoms with Gasteiger partial charge < -0.3 is 0 Å². The molecule has 0 aromatic rings. The molecule has 0 aliphatic rings. The Balaban J connectivity index is 3.80. The van der Waals surface area contributed by atoms with Crippen LogP contribution < -0.4 is 0 Å². The highest BCUT2D eigenvalue weighted by atomic mass is 32.1. The predicted molar refractivity (Wildman–Crippen MR) is 45.7 cm³/mol. The van der Waals surface area contributed by atoms with Gasteiger partial charge in [0.15, 0.2) is 0 Å². The summed E-state index contributed by atoms with van der Waals surface area (Å²) in [6.45, 7) is 8.98. The van der Waals surface area contributed by atoms with Crippen LogP contribution in [0, 0.1) is 11.3 Å². The largest absolute Gasteiger partial charge is 0.0936 e. The van der Waals surface area contributed by atoms with E-state index in [0.29, 0.717) is 5.41 Å². The molecule has 0 spiro atoms. The molecule has 0 aromatic heterocycles. The first-order chi connectivity index (χ1) is 4.04. The van der Waals surface area contributed by atoms with Gasteiger partial charge in [-0.2, -0.15) is 0 Å². The molecule has 0 aliphatic carbocycles. The van der Waals surface area contributed by atoms with Gasteiger partial charge >= 0.3 is 0 Å². The molecule has 0 heterocycles. The van der Waals surface area contributed by atoms with Gasteiger partial charge in [-0.1, -0.05) is 46.7 Å². The molecule has 0 amide bonds. The summed E-state index contributed by atoms with van der Waals surface area (Å²) in [6.07, 6.45) is 1.24. The fourth-order valence-electron chi connectivity index (χ4n) is 0.695. The van der Waals surface area contributed by atoms with Gasteiger partial charge in [-0.3, -0.25) is 0 Å². The van der Waals surface area contributed by atoms with E-state index in [0.717, 1.165) is 11.7 Å². The zero-order valence-corrected chi connectivity index (χ0v) is 7.72. The normalized spacial score (nSPS) is 15.7. The molecule has 0 rings (SSSR count). The van der Waals surface area contributed by atoms with E-state index in [9.17, 15) is 0 Å². The summed E-state index contributed by atoms with van der Waals surface area (Å²) in [5.41, 5.74) is 0.365. The van der Waals surface area contributed by atoms with Gasteiger partial charge in [0.25, 0.3) is 0 Å². The van der Waals surface area contributed by atoms with Crippen molar-refractivity contribution in [2.75, 3.05) is 5.75 Å². The van der Waals surface area contributed by atoms with Crippen molar-refractivity contribution in [3.63, 3.8) is 0 Å². The third kappa shape index (κ3) is 2.61. The van der Waals surface area contributed by atoms with Gasteiger partial charge in [-0.25, -0.2) is 0 Å². The van der Waals surface area contributed by atoms with Crippen molar-refractivity contribution in [3.8, 4) is 0 Å². The third-order valence-corrected chi connectivity index (χ3v) is 3.06. The van der Waals surface area contributed by atoms with Gasteiger partial charge in [0, 0.05) is 5.75 Å². The summed E-state index contributed by atoms with van der Waals surface area (Å²) >= 11 is 5.03. The van der Waals surface area contributed by atoms with E-state index in [1.807, 2.05) is 0 Å². The zero-order valence-electron chi connectivity index (χ0n) is 6.90. The molecule has 55 valence electrons. The highest BCUT2D eigenvalue weighted by Crippen LogP contribution is 2.29. The zero-order chi connectivity index (χ0) is 7.49. The summed E-state index contributed by atoms with van der Waals surface area (Å²) in [5.74, 6) is 1.64. The molecule has 0 saturated carbocycles. The third-order valence-electron chi connectivity index (χ3n) is 2.32. The summed E-state index contributed by atoms with van der Waals surface area (Å²) in [5, 5.41) is 0. The highest BCUT2D eigenvalue weighted by Gasteiger charge is 2.22. The molecule has 0 N–H and O–H groups in total. The monoisotopic (exact) mass is 145 g/mol. The molecule has 1 heteroatoms. The molecule has 0 saturated heterocycles. The van der Waals surface area contributed by atoms with E-state index in [-0.39, 0.29) is 0 Å². The first kappa shape index (κ1) is 9.35. The molecule has 9 heavy (non-hydrogen) atoms. The topological polar surface area (TPSA) is 0 Å². The molecular weight excluding hydrogens is 128 g/mol. The first-order valence-corrected chi connectivity index (χ1v) is 4.20. The second kappa shape index (κ2) is 3.50. The van der Waals surface area contributed by atoms with E-state index in [2.05, 4.69) is 27.7 Å². The van der Waals surface area contributed by atoms with Gasteiger partial charge in [-0.05, 0) is 11.3 Å². The van der Waals surface area contributed by atoms with Crippen LogP contribution in [0.15, 0.2) is 0 Å². The van der Waals surface area contributed by atoms with E-state index in [1.165, 1.54) is 6.42 Å². The SMILES string of the molecule is CCC(C)C(C)(C)C[S]. The minimum absolute atomic E-state index is 0.365. The first-order valence-electron chi connectivity index (χ1n) is 3.62. The lowest BCUT2D eigenvalue weighted by Gasteiger charge is -2.28. The Morgan fingerprint density at radius 1 is 1.44 bits per heavy atom. The van der Waals surface area contributed by atoms with Gasteiger partial charge in [0.2, 0.25) is 0 Å². The van der Waals surface area contributed by atoms with Crippen LogP contribution >= 0.6 is 12.6 Å². The minimum Gasteiger partial charge on any atom is -0.0936 e. The average Bonchev–Trinajstić information content (AvgIpc) is 1.86. The average molecular weight is 145 g/mol. The van der Waals surface area contributed by atoms with Crippen LogP contribution in [-0.2, 0) is 0 Å². The molecule has 1 atom stereocenters. The fourth-order valence-corrected chi connectivity index (χ4v) is 0.979. The van der Waals surface area contributed by atoms with E-state index < -0.39 is 0 Å². The maximum atomic E-state index is 5.03. The van der Waals surface area contributed by atoms with Crippen LogP contribution in [0.25, 0.3) is 0 Å². The quantitative estimate of drug-likeness (QED) is 0.572. The van der Waals surface area contributed by atoms with E-state index >= 15 is 0 Å². The second-order valence-electron chi connectivity index (χ2n) is 3.44. The number of hydrogen-bond donors (Lipinski definition) is 0. The van der Waals surface area contributed by atoms with Crippen LogP contribution in [0.5, 0.6) is 0 Å². The predicted octanol–water partition coefficient (Wildman–Crippen LogP) is 3.26. The van der Waals surface area contributed by atoms with Crippen molar-refractivity contribution in [1.82, 2.24) is 0 Å². The van der Waals surface area contributed by atoms with Crippen LogP contribution in [-0.4, -0.2) is 5.75 Å². The molecule has 0 aliphatic heterocycles. The van der Waals surface area contributed by atoms with Crippen LogP contribution in [0.1, 0.15) is 34.1 Å². The molecular formula is C8H17S. The summed E-state index contributed by atoms with van der Waals surface area (Å²) in [6, 6.07) is 0. The maximum absolute atomic E-state index is 5.03. The van der Waals surface area contributed by atoms with Crippen molar-refractivity contribution in [1.29, 1.82) is 0 Å². The molecule has 0 aromatic carbocycles. The van der Waals surface area contributed by atoms with Crippen molar-refractivity contribution < 1.29 is 0 Å². The molecule has 1 radical (unpaired) electrons. The molecule has 1 unspecified atom stereocenters. The number of hydrogen-bond acceptors (Lipinski definition) is 0. The highest BCUT2D eigenvalue weighted by molar-refractivity contribution is 7.80. The standard InChI is InChI=1S/C8H17S/c1-5-7(2)8(3,4)6-9/h7H,5-6H2,1-4H3. The summed E-state index contributed by atoms with van der Waals surface area (Å²) in [7, 11) is 0. The van der Waals surface area contributed by atoms with Gasteiger partial charge in [0.05, 0.1) is 0 Å². The van der Waals surface area contributed by atoms with Crippen LogP contribution in [0.2, 0.25) is 0 Å². The summed E-state index contributed by atoms with van der Waals surface area (Å²) in [4.78, 5) is 0. The summed E-state index contributed by atoms with van der Waals surface area (Å²) < 4.78 is 0. The van der Waals surface area contributed by atoms with Gasteiger partial charge in [-0.15, -0.1) is 0 Å². The second-order valence-corrected chi connectivity index (χ2v) is 3.73. The van der Waals surface area contributed by atoms with Crippen molar-refractivity contribution in [2.45, 2.75) is 34.1 Å². The maximum Gasteiger partial charge on any atom is 0.00908 e. The van der Waals surface area contributed by atoms with Crippen LogP contribution in [0.4, 0.5) is 0 Å². The molecule has 0 nitrogen and oxygen atoms in total. The molecule has 0 bridgehead atoms. The fraction of sp³-hybridized carbons (Fsp3) is 1.00. The van der Waals surface area contributed by atoms with Gasteiger partial charge in [0.1, 0.15) is 0 Å². The Morgan fingerprint density at radius 3 is 2.00 bits per heavy atom. The van der Waals surface area contributed by atoms with Crippen LogP contribution in [0.3, 0.4) is 0 Å². The van der Waals surface area contributed by atoms with Crippen molar-refractivity contribution in [2.24, 2.45) is 11.3 Å². The minimum atomic E-state index is 0.365. The number of rotatable bonds is 3. The Hall–Kier alpha value is 0.350.